The molecule has 2 unspecified atom stereocenters. The zero-order valence-electron chi connectivity index (χ0n) is 12.1. The van der Waals surface area contributed by atoms with Crippen molar-refractivity contribution in [3.05, 3.63) is 5.82 Å². The van der Waals surface area contributed by atoms with E-state index in [1.54, 1.807) is 11.5 Å². The normalized spacial score (nSPS) is 28.3. The fourth-order valence-corrected chi connectivity index (χ4v) is 3.91. The van der Waals surface area contributed by atoms with E-state index in [0.717, 1.165) is 24.1 Å². The molecule has 19 heavy (non-hydrogen) atoms. The molecule has 4 nitrogen and oxygen atoms in total. The highest BCUT2D eigenvalue weighted by Gasteiger charge is 2.36. The molecule has 2 fully saturated rings. The van der Waals surface area contributed by atoms with Gasteiger partial charge in [0, 0.05) is 23.5 Å². The molecule has 2 heterocycles. The number of anilines is 1. The lowest BCUT2D eigenvalue weighted by Gasteiger charge is -2.43. The minimum absolute atomic E-state index is 0.0347. The summed E-state index contributed by atoms with van der Waals surface area (Å²) in [5, 5.41) is 1.09. The van der Waals surface area contributed by atoms with E-state index in [1.807, 2.05) is 0 Å². The highest BCUT2D eigenvalue weighted by Crippen LogP contribution is 2.34. The molecule has 0 radical (unpaired) electrons. The Morgan fingerprint density at radius 1 is 1.26 bits per heavy atom. The molecule has 1 saturated heterocycles. The minimum atomic E-state index is 0.0347. The summed E-state index contributed by atoms with van der Waals surface area (Å²) in [6, 6.07) is 0.517. The Bertz CT molecular complexity index is 438. The molecule has 2 atom stereocenters. The molecule has 2 aliphatic rings. The van der Waals surface area contributed by atoms with Crippen LogP contribution in [0.2, 0.25) is 0 Å². The smallest absolute Gasteiger partial charge is 0.205 e. The molecule has 1 aromatic heterocycles. The van der Waals surface area contributed by atoms with Crippen molar-refractivity contribution < 1.29 is 4.74 Å². The molecule has 3 rings (SSSR count). The van der Waals surface area contributed by atoms with Gasteiger partial charge in [0.2, 0.25) is 5.13 Å². The lowest BCUT2D eigenvalue weighted by Crippen LogP contribution is -2.52. The third-order valence-electron chi connectivity index (χ3n) is 4.06. The topological polar surface area (TPSA) is 38.2 Å². The second-order valence-corrected chi connectivity index (χ2v) is 7.34. The predicted molar refractivity (Wildman–Crippen MR) is 78.0 cm³/mol. The van der Waals surface area contributed by atoms with Crippen LogP contribution in [0, 0.1) is 0 Å². The largest absolute Gasteiger partial charge is 0.374 e. The maximum absolute atomic E-state index is 5.92. The Kier molecular flexibility index (Phi) is 3.52. The number of morpholine rings is 1. The second kappa shape index (κ2) is 5.02. The maximum atomic E-state index is 5.92. The molecule has 0 N–H and O–H groups in total. The first kappa shape index (κ1) is 13.3. The van der Waals surface area contributed by atoms with Gasteiger partial charge < -0.3 is 9.64 Å². The fraction of sp³-hybridized carbons (Fsp3) is 0.857. The van der Waals surface area contributed by atoms with E-state index in [2.05, 4.69) is 30.0 Å². The van der Waals surface area contributed by atoms with E-state index >= 15 is 0 Å². The Morgan fingerprint density at radius 2 is 2.05 bits per heavy atom. The summed E-state index contributed by atoms with van der Waals surface area (Å²) in [5.74, 6) is 0.964. The lowest BCUT2D eigenvalue weighted by atomic mass is 9.90. The zero-order chi connectivity index (χ0) is 13.5. The van der Waals surface area contributed by atoms with Crippen LogP contribution in [0.3, 0.4) is 0 Å². The summed E-state index contributed by atoms with van der Waals surface area (Å²) in [7, 11) is 0. The van der Waals surface area contributed by atoms with E-state index < -0.39 is 0 Å². The molecule has 106 valence electrons. The van der Waals surface area contributed by atoms with Crippen molar-refractivity contribution >= 4 is 16.7 Å². The number of aromatic nitrogens is 2. The van der Waals surface area contributed by atoms with Crippen molar-refractivity contribution in [2.24, 2.45) is 0 Å². The van der Waals surface area contributed by atoms with E-state index in [9.17, 15) is 0 Å². The maximum Gasteiger partial charge on any atom is 0.205 e. The minimum Gasteiger partial charge on any atom is -0.374 e. The van der Waals surface area contributed by atoms with Crippen LogP contribution >= 0.6 is 11.5 Å². The van der Waals surface area contributed by atoms with Crippen molar-refractivity contribution in [1.82, 2.24) is 9.36 Å². The third kappa shape index (κ3) is 2.63. The third-order valence-corrected chi connectivity index (χ3v) is 4.82. The Labute approximate surface area is 119 Å². The van der Waals surface area contributed by atoms with Crippen LogP contribution in [0.25, 0.3) is 0 Å². The molecule has 0 amide bonds. The number of ether oxygens (including phenoxy) is 1. The van der Waals surface area contributed by atoms with E-state index in [-0.39, 0.29) is 5.41 Å². The average molecular weight is 281 g/mol. The van der Waals surface area contributed by atoms with Gasteiger partial charge in [0.1, 0.15) is 5.82 Å². The quantitative estimate of drug-likeness (QED) is 0.793. The van der Waals surface area contributed by atoms with Crippen LogP contribution in [0.15, 0.2) is 0 Å². The number of hydrogen-bond donors (Lipinski definition) is 0. The Balaban J connectivity index is 1.82. The molecule has 1 aromatic rings. The Hall–Kier alpha value is -0.680. The first-order valence-electron chi connectivity index (χ1n) is 7.28. The number of nitrogens with zero attached hydrogens (tertiary/aromatic N) is 3. The van der Waals surface area contributed by atoms with Crippen molar-refractivity contribution in [3.63, 3.8) is 0 Å². The number of rotatable bonds is 1. The molecule has 1 saturated carbocycles. The van der Waals surface area contributed by atoms with E-state index in [0.29, 0.717) is 12.1 Å². The van der Waals surface area contributed by atoms with Crippen LogP contribution in [-0.4, -0.2) is 34.7 Å². The molecular weight excluding hydrogens is 258 g/mol. The summed E-state index contributed by atoms with van der Waals surface area (Å²) in [4.78, 5) is 7.22. The summed E-state index contributed by atoms with van der Waals surface area (Å²) < 4.78 is 10.5. The second-order valence-electron chi connectivity index (χ2n) is 6.61. The van der Waals surface area contributed by atoms with Crippen molar-refractivity contribution in [1.29, 1.82) is 0 Å². The van der Waals surface area contributed by atoms with Gasteiger partial charge in [-0.05, 0) is 12.8 Å². The Morgan fingerprint density at radius 3 is 2.79 bits per heavy atom. The van der Waals surface area contributed by atoms with Gasteiger partial charge in [-0.25, -0.2) is 4.98 Å². The van der Waals surface area contributed by atoms with Gasteiger partial charge in [0.05, 0.1) is 18.8 Å². The summed E-state index contributed by atoms with van der Waals surface area (Å²) >= 11 is 1.55. The monoisotopic (exact) mass is 281 g/mol. The van der Waals surface area contributed by atoms with Crippen molar-refractivity contribution in [2.45, 2.75) is 64.0 Å². The van der Waals surface area contributed by atoms with Crippen LogP contribution in [0.5, 0.6) is 0 Å². The van der Waals surface area contributed by atoms with Crippen LogP contribution in [0.4, 0.5) is 5.13 Å². The summed E-state index contributed by atoms with van der Waals surface area (Å²) in [6.45, 7) is 8.29. The van der Waals surface area contributed by atoms with Crippen LogP contribution < -0.4 is 4.90 Å². The highest BCUT2D eigenvalue weighted by atomic mass is 32.1. The molecular formula is C14H23N3OS. The van der Waals surface area contributed by atoms with Gasteiger partial charge in [-0.1, -0.05) is 33.6 Å². The van der Waals surface area contributed by atoms with Gasteiger partial charge in [0.25, 0.3) is 0 Å². The molecule has 0 aromatic carbocycles. The summed E-state index contributed by atoms with van der Waals surface area (Å²) in [5.41, 5.74) is 0.0347. The number of fused-ring (bicyclic) bond motifs is 1. The molecule has 5 heteroatoms. The van der Waals surface area contributed by atoms with Gasteiger partial charge in [-0.2, -0.15) is 4.37 Å². The van der Waals surface area contributed by atoms with Gasteiger partial charge >= 0.3 is 0 Å². The van der Waals surface area contributed by atoms with E-state index in [1.165, 1.54) is 25.7 Å². The molecule has 1 aliphatic heterocycles. The standard InChI is InChI=1S/C14H23N3OS/c1-14(2,3)12-15-13(19-16-12)17-8-9-18-11-7-5-4-6-10(11)17/h10-11H,4-9H2,1-3H3. The molecule has 0 spiro atoms. The van der Waals surface area contributed by atoms with Crippen molar-refractivity contribution in [3.8, 4) is 0 Å². The predicted octanol–water partition coefficient (Wildman–Crippen LogP) is 2.98. The SMILES string of the molecule is CC(C)(C)c1nsc(N2CCOC3CCCCC32)n1. The van der Waals surface area contributed by atoms with Crippen molar-refractivity contribution in [2.75, 3.05) is 18.1 Å². The molecule has 0 bridgehead atoms. The van der Waals surface area contributed by atoms with E-state index in [4.69, 9.17) is 9.72 Å². The first-order valence-corrected chi connectivity index (χ1v) is 8.05. The lowest BCUT2D eigenvalue weighted by molar-refractivity contribution is -0.00870. The first-order chi connectivity index (χ1) is 9.05. The van der Waals surface area contributed by atoms with Crippen LogP contribution in [-0.2, 0) is 10.2 Å². The van der Waals surface area contributed by atoms with Gasteiger partial charge in [-0.15, -0.1) is 0 Å². The fourth-order valence-electron chi connectivity index (χ4n) is 2.97. The van der Waals surface area contributed by atoms with Crippen LogP contribution in [0.1, 0.15) is 52.3 Å². The number of hydrogen-bond acceptors (Lipinski definition) is 5. The average Bonchev–Trinajstić information content (AvgIpc) is 2.87. The van der Waals surface area contributed by atoms with Gasteiger partial charge in [-0.3, -0.25) is 0 Å². The highest BCUT2D eigenvalue weighted by molar-refractivity contribution is 7.09. The van der Waals surface area contributed by atoms with Gasteiger partial charge in [0.15, 0.2) is 0 Å². The molecule has 1 aliphatic carbocycles. The summed E-state index contributed by atoms with van der Waals surface area (Å²) in [6.07, 6.45) is 5.45. The zero-order valence-corrected chi connectivity index (χ0v) is 12.9.